The highest BCUT2D eigenvalue weighted by molar-refractivity contribution is 6.34. The van der Waals surface area contributed by atoms with E-state index in [1.807, 2.05) is 30.3 Å². The number of rotatable bonds is 3. The molecule has 2 heterocycles. The minimum Gasteiger partial charge on any atom is -0.440 e. The minimum absolute atomic E-state index is 0.474. The maximum absolute atomic E-state index is 6.10. The molecule has 4 aromatic rings. The predicted molar refractivity (Wildman–Crippen MR) is 127 cm³/mol. The number of fused-ring (bicyclic) bond motifs is 4. The molecule has 0 radical (unpaired) electrons. The number of hydrogen-bond donors (Lipinski definition) is 0. The summed E-state index contributed by atoms with van der Waals surface area (Å²) in [6, 6.07) is 25.3. The van der Waals surface area contributed by atoms with Gasteiger partial charge in [-0.05, 0) is 46.9 Å². The van der Waals surface area contributed by atoms with E-state index in [9.17, 15) is 0 Å². The SMILES string of the molecule is CC(C)c1ccccc1-c1ccc2c(c1)N=C1Cc3oc(-c4ccccc4)nc3C=C12. The quantitative estimate of drug-likeness (QED) is 0.360. The smallest absolute Gasteiger partial charge is 0.226 e. The standard InChI is InChI=1S/C28H22N2O/c1-17(2)20-10-6-7-11-21(20)19-12-13-22-23-15-26-27(16-25(23)29-24(22)14-19)31-28(30-26)18-8-4-3-5-9-18/h3-15,17H,16H2,1-2H3. The number of aliphatic imine (C=N–C) groups is 1. The monoisotopic (exact) mass is 402 g/mol. The molecule has 0 spiro atoms. The van der Waals surface area contributed by atoms with Crippen molar-refractivity contribution in [2.24, 2.45) is 4.99 Å². The van der Waals surface area contributed by atoms with Crippen LogP contribution in [0.5, 0.6) is 0 Å². The van der Waals surface area contributed by atoms with E-state index in [1.165, 1.54) is 27.8 Å². The van der Waals surface area contributed by atoms with Crippen LogP contribution >= 0.6 is 0 Å². The molecule has 0 bridgehead atoms. The Morgan fingerprint density at radius 3 is 2.48 bits per heavy atom. The van der Waals surface area contributed by atoms with Crippen LogP contribution in [-0.2, 0) is 6.42 Å². The van der Waals surface area contributed by atoms with E-state index in [2.05, 4.69) is 62.4 Å². The van der Waals surface area contributed by atoms with Gasteiger partial charge in [0.2, 0.25) is 5.89 Å². The molecule has 0 fully saturated rings. The predicted octanol–water partition coefficient (Wildman–Crippen LogP) is 7.31. The van der Waals surface area contributed by atoms with Crippen molar-refractivity contribution in [1.29, 1.82) is 0 Å². The molecular weight excluding hydrogens is 380 g/mol. The Balaban J connectivity index is 1.40. The van der Waals surface area contributed by atoms with Crippen molar-refractivity contribution >= 4 is 23.0 Å². The second-order valence-electron chi connectivity index (χ2n) is 8.46. The van der Waals surface area contributed by atoms with Crippen molar-refractivity contribution in [3.63, 3.8) is 0 Å². The van der Waals surface area contributed by atoms with Crippen molar-refractivity contribution in [3.8, 4) is 22.6 Å². The first-order chi connectivity index (χ1) is 15.2. The average molecular weight is 402 g/mol. The first kappa shape index (κ1) is 18.1. The highest BCUT2D eigenvalue weighted by atomic mass is 16.4. The molecule has 1 aliphatic heterocycles. The van der Waals surface area contributed by atoms with Gasteiger partial charge in [-0.15, -0.1) is 0 Å². The van der Waals surface area contributed by atoms with Gasteiger partial charge in [-0.2, -0.15) is 0 Å². The Morgan fingerprint density at radius 2 is 1.65 bits per heavy atom. The molecule has 150 valence electrons. The van der Waals surface area contributed by atoms with Gasteiger partial charge in [0.15, 0.2) is 0 Å². The fourth-order valence-electron chi connectivity index (χ4n) is 4.54. The molecule has 0 N–H and O–H groups in total. The van der Waals surface area contributed by atoms with E-state index in [0.717, 1.165) is 28.4 Å². The fourth-order valence-corrected chi connectivity index (χ4v) is 4.54. The van der Waals surface area contributed by atoms with E-state index < -0.39 is 0 Å². The van der Waals surface area contributed by atoms with Gasteiger partial charge in [-0.3, -0.25) is 4.99 Å². The summed E-state index contributed by atoms with van der Waals surface area (Å²) in [5.74, 6) is 2.03. The molecule has 3 aromatic carbocycles. The summed E-state index contributed by atoms with van der Waals surface area (Å²) >= 11 is 0. The van der Waals surface area contributed by atoms with Gasteiger partial charge in [0.1, 0.15) is 11.5 Å². The third kappa shape index (κ3) is 2.97. The summed E-state index contributed by atoms with van der Waals surface area (Å²) in [6.07, 6.45) is 2.80. The molecule has 0 saturated carbocycles. The molecule has 2 aliphatic rings. The average Bonchev–Trinajstić information content (AvgIpc) is 3.38. The Bertz CT molecular complexity index is 1370. The van der Waals surface area contributed by atoms with Crippen molar-refractivity contribution in [3.05, 3.63) is 95.4 Å². The molecule has 0 unspecified atom stereocenters. The third-order valence-electron chi connectivity index (χ3n) is 6.11. The van der Waals surface area contributed by atoms with Gasteiger partial charge in [0.05, 0.1) is 17.8 Å². The van der Waals surface area contributed by atoms with Gasteiger partial charge in [0.25, 0.3) is 0 Å². The molecule has 6 rings (SSSR count). The zero-order valence-corrected chi connectivity index (χ0v) is 17.6. The number of benzene rings is 3. The fraction of sp³-hybridized carbons (Fsp3) is 0.143. The number of oxazole rings is 1. The van der Waals surface area contributed by atoms with Gasteiger partial charge in [-0.1, -0.05) is 68.4 Å². The Hall–Kier alpha value is -3.72. The number of hydrogen-bond acceptors (Lipinski definition) is 3. The van der Waals surface area contributed by atoms with Gasteiger partial charge in [0, 0.05) is 16.7 Å². The van der Waals surface area contributed by atoms with Crippen molar-refractivity contribution in [2.75, 3.05) is 0 Å². The number of allylic oxidation sites excluding steroid dienone is 1. The van der Waals surface area contributed by atoms with Crippen molar-refractivity contribution in [1.82, 2.24) is 4.98 Å². The Morgan fingerprint density at radius 1 is 0.839 bits per heavy atom. The molecule has 1 aliphatic carbocycles. The van der Waals surface area contributed by atoms with Crippen LogP contribution in [0.1, 0.15) is 42.3 Å². The van der Waals surface area contributed by atoms with Crippen molar-refractivity contribution in [2.45, 2.75) is 26.2 Å². The van der Waals surface area contributed by atoms with E-state index in [1.54, 1.807) is 0 Å². The normalized spacial score (nSPS) is 14.0. The summed E-state index contributed by atoms with van der Waals surface area (Å²) < 4.78 is 6.10. The van der Waals surface area contributed by atoms with Crippen LogP contribution in [0.25, 0.3) is 34.2 Å². The first-order valence-electron chi connectivity index (χ1n) is 10.8. The van der Waals surface area contributed by atoms with Crippen LogP contribution < -0.4 is 0 Å². The van der Waals surface area contributed by atoms with E-state index in [4.69, 9.17) is 14.4 Å². The van der Waals surface area contributed by atoms with E-state index in [-0.39, 0.29) is 0 Å². The summed E-state index contributed by atoms with van der Waals surface area (Å²) in [5.41, 5.74) is 10.2. The summed E-state index contributed by atoms with van der Waals surface area (Å²) in [5, 5.41) is 0. The Labute approximate surface area is 181 Å². The lowest BCUT2D eigenvalue weighted by Crippen LogP contribution is -2.07. The van der Waals surface area contributed by atoms with Gasteiger partial charge < -0.3 is 4.42 Å². The molecule has 3 heteroatoms. The molecule has 0 atom stereocenters. The summed E-state index contributed by atoms with van der Waals surface area (Å²) in [6.45, 7) is 4.48. The first-order valence-corrected chi connectivity index (χ1v) is 10.8. The lowest BCUT2D eigenvalue weighted by Gasteiger charge is -2.14. The molecular formula is C28H22N2O. The largest absolute Gasteiger partial charge is 0.440 e. The zero-order chi connectivity index (χ0) is 20.9. The molecule has 0 amide bonds. The van der Waals surface area contributed by atoms with Gasteiger partial charge in [-0.25, -0.2) is 4.98 Å². The molecule has 3 nitrogen and oxygen atoms in total. The van der Waals surface area contributed by atoms with E-state index >= 15 is 0 Å². The highest BCUT2D eigenvalue weighted by Crippen LogP contribution is 2.43. The highest BCUT2D eigenvalue weighted by Gasteiger charge is 2.29. The van der Waals surface area contributed by atoms with Crippen LogP contribution in [0.3, 0.4) is 0 Å². The summed E-state index contributed by atoms with van der Waals surface area (Å²) in [4.78, 5) is 9.73. The maximum Gasteiger partial charge on any atom is 0.226 e. The second kappa shape index (κ2) is 6.92. The van der Waals surface area contributed by atoms with Gasteiger partial charge >= 0.3 is 0 Å². The zero-order valence-electron chi connectivity index (χ0n) is 17.6. The maximum atomic E-state index is 6.10. The topological polar surface area (TPSA) is 38.4 Å². The minimum atomic E-state index is 0.474. The van der Waals surface area contributed by atoms with Crippen molar-refractivity contribution < 1.29 is 4.42 Å². The lowest BCUT2D eigenvalue weighted by molar-refractivity contribution is 0.534. The molecule has 31 heavy (non-hydrogen) atoms. The van der Waals surface area contributed by atoms with Crippen LogP contribution in [0.2, 0.25) is 0 Å². The Kier molecular flexibility index (Phi) is 4.03. The third-order valence-corrected chi connectivity index (χ3v) is 6.11. The van der Waals surface area contributed by atoms with Crippen LogP contribution in [0, 0.1) is 0 Å². The van der Waals surface area contributed by atoms with E-state index in [0.29, 0.717) is 18.2 Å². The lowest BCUT2D eigenvalue weighted by atomic mass is 9.90. The van der Waals surface area contributed by atoms with Crippen LogP contribution in [0.4, 0.5) is 5.69 Å². The number of aromatic nitrogens is 1. The summed E-state index contributed by atoms with van der Waals surface area (Å²) in [7, 11) is 0. The number of nitrogens with zero attached hydrogens (tertiary/aromatic N) is 2. The van der Waals surface area contributed by atoms with Crippen LogP contribution in [-0.4, -0.2) is 10.7 Å². The molecule has 1 aromatic heterocycles. The second-order valence-corrected chi connectivity index (χ2v) is 8.46. The van der Waals surface area contributed by atoms with Crippen LogP contribution in [0.15, 0.2) is 82.2 Å². The molecule has 0 saturated heterocycles.